The Labute approximate surface area is 160 Å². The van der Waals surface area contributed by atoms with Crippen LogP contribution < -0.4 is 10.7 Å². The van der Waals surface area contributed by atoms with Gasteiger partial charge in [-0.05, 0) is 56.5 Å². The number of alkyl carbamates (subject to hydrolysis) is 1. The van der Waals surface area contributed by atoms with Gasteiger partial charge >= 0.3 is 6.09 Å². The highest BCUT2D eigenvalue weighted by atomic mass is 79.9. The Kier molecular flexibility index (Phi) is 6.81. The van der Waals surface area contributed by atoms with Gasteiger partial charge in [0.1, 0.15) is 16.2 Å². The normalized spacial score (nSPS) is 19.4. The molecule has 2 N–H and O–H groups in total. The topological polar surface area (TPSA) is 83.6 Å². The van der Waals surface area contributed by atoms with Crippen molar-refractivity contribution in [1.82, 2.24) is 20.7 Å². The molecule has 1 aromatic heterocycles. The van der Waals surface area contributed by atoms with Gasteiger partial charge in [-0.2, -0.15) is 0 Å². The van der Waals surface area contributed by atoms with Crippen molar-refractivity contribution in [3.63, 3.8) is 0 Å². The molecule has 2 rings (SSSR count). The maximum absolute atomic E-state index is 12.9. The van der Waals surface area contributed by atoms with Gasteiger partial charge < -0.3 is 10.1 Å². The van der Waals surface area contributed by atoms with Crippen LogP contribution in [0.5, 0.6) is 0 Å². The van der Waals surface area contributed by atoms with E-state index in [-0.39, 0.29) is 11.9 Å². The van der Waals surface area contributed by atoms with Gasteiger partial charge in [0, 0.05) is 24.4 Å². The first kappa shape index (κ1) is 20.1. The number of amides is 2. The van der Waals surface area contributed by atoms with Crippen molar-refractivity contribution in [2.75, 3.05) is 6.54 Å². The molecular formula is C16H25BrN4O3S. The predicted octanol–water partition coefficient (Wildman–Crippen LogP) is 2.86. The number of nitrogens with zero attached hydrogens (tertiary/aromatic N) is 2. The van der Waals surface area contributed by atoms with Gasteiger partial charge in [0.2, 0.25) is 0 Å². The first-order chi connectivity index (χ1) is 11.6. The molecule has 1 saturated heterocycles. The second-order valence-electron chi connectivity index (χ2n) is 7.13. The lowest BCUT2D eigenvalue weighted by molar-refractivity contribution is -0.139. The van der Waals surface area contributed by atoms with Crippen molar-refractivity contribution < 1.29 is 14.3 Å². The Hall–Kier alpha value is -1.19. The van der Waals surface area contributed by atoms with Crippen LogP contribution in [0.15, 0.2) is 9.98 Å². The highest BCUT2D eigenvalue weighted by Gasteiger charge is 2.31. The summed E-state index contributed by atoms with van der Waals surface area (Å²) in [6.45, 7) is 8.02. The number of carbonyl (C=O) groups is 2. The molecule has 0 bridgehead atoms. The summed E-state index contributed by atoms with van der Waals surface area (Å²) in [4.78, 5) is 29.4. The molecule has 2 heterocycles. The Morgan fingerprint density at radius 2 is 2.28 bits per heavy atom. The minimum absolute atomic E-state index is 0.177. The lowest BCUT2D eigenvalue weighted by atomic mass is 10.1. The molecule has 0 aromatic carbocycles. The highest BCUT2D eigenvalue weighted by molar-refractivity contribution is 9.10. The third kappa shape index (κ3) is 6.56. The van der Waals surface area contributed by atoms with Crippen molar-refractivity contribution in [2.24, 2.45) is 0 Å². The molecule has 2 atom stereocenters. The van der Waals surface area contributed by atoms with Gasteiger partial charge in [-0.3, -0.25) is 9.80 Å². The zero-order valence-corrected chi connectivity index (χ0v) is 17.4. The summed E-state index contributed by atoms with van der Waals surface area (Å²) in [6.07, 6.45) is 1.67. The Bertz CT molecular complexity index is 617. The second-order valence-corrected chi connectivity index (χ2v) is 8.88. The molecule has 25 heavy (non-hydrogen) atoms. The van der Waals surface area contributed by atoms with Gasteiger partial charge in [0.25, 0.3) is 5.91 Å². The molecule has 0 unspecified atom stereocenters. The van der Waals surface area contributed by atoms with Crippen molar-refractivity contribution in [1.29, 1.82) is 0 Å². The smallest absolute Gasteiger partial charge is 0.408 e. The van der Waals surface area contributed by atoms with Crippen LogP contribution in [-0.4, -0.2) is 46.2 Å². The van der Waals surface area contributed by atoms with Gasteiger partial charge in [-0.25, -0.2) is 15.2 Å². The van der Waals surface area contributed by atoms with Crippen LogP contribution in [0.3, 0.4) is 0 Å². The SMILES string of the molecule is C[C@H]1CCCN(C(=O)[C@H](Cc2nc(Br)cs2)NC(=O)OC(C)(C)C)N1. The van der Waals surface area contributed by atoms with E-state index in [9.17, 15) is 9.59 Å². The van der Waals surface area contributed by atoms with E-state index >= 15 is 0 Å². The summed E-state index contributed by atoms with van der Waals surface area (Å²) in [6, 6.07) is -0.500. The first-order valence-electron chi connectivity index (χ1n) is 8.31. The summed E-state index contributed by atoms with van der Waals surface area (Å²) in [7, 11) is 0. The fourth-order valence-electron chi connectivity index (χ4n) is 2.52. The molecule has 0 spiro atoms. The average Bonchev–Trinajstić information content (AvgIpc) is 2.89. The maximum atomic E-state index is 12.9. The molecule has 1 fully saturated rings. The summed E-state index contributed by atoms with van der Waals surface area (Å²) in [5.74, 6) is -0.177. The van der Waals surface area contributed by atoms with E-state index in [2.05, 4.69) is 31.7 Å². The Morgan fingerprint density at radius 1 is 1.56 bits per heavy atom. The van der Waals surface area contributed by atoms with E-state index in [1.54, 1.807) is 25.8 Å². The Balaban J connectivity index is 2.10. The number of halogens is 1. The molecule has 9 heteroatoms. The zero-order chi connectivity index (χ0) is 18.6. The van der Waals surface area contributed by atoms with Crippen LogP contribution in [0.1, 0.15) is 45.5 Å². The number of rotatable bonds is 4. The number of thiazole rings is 1. The number of nitrogens with one attached hydrogen (secondary N) is 2. The maximum Gasteiger partial charge on any atom is 0.408 e. The molecule has 0 radical (unpaired) electrons. The lowest BCUT2D eigenvalue weighted by Crippen LogP contribution is -2.58. The highest BCUT2D eigenvalue weighted by Crippen LogP contribution is 2.18. The van der Waals surface area contributed by atoms with Crippen molar-refractivity contribution in [2.45, 2.75) is 64.6 Å². The number of aromatic nitrogens is 1. The number of hydrogen-bond acceptors (Lipinski definition) is 6. The molecule has 1 aliphatic rings. The van der Waals surface area contributed by atoms with Crippen LogP contribution in [0.2, 0.25) is 0 Å². The Morgan fingerprint density at radius 3 is 2.84 bits per heavy atom. The quantitative estimate of drug-likeness (QED) is 0.763. The lowest BCUT2D eigenvalue weighted by Gasteiger charge is -2.34. The standard InChI is InChI=1S/C16H25BrN4O3S/c1-10-6-5-7-21(20-10)14(22)11(8-13-19-12(17)9-25-13)18-15(23)24-16(2,3)4/h9-11,20H,5-8H2,1-4H3,(H,18,23)/t10-,11-/m0/s1. The average molecular weight is 433 g/mol. The number of ether oxygens (including phenoxy) is 1. The van der Waals surface area contributed by atoms with Crippen molar-refractivity contribution >= 4 is 39.3 Å². The van der Waals surface area contributed by atoms with E-state index in [0.29, 0.717) is 13.0 Å². The molecule has 2 amide bonds. The van der Waals surface area contributed by atoms with E-state index in [1.165, 1.54) is 11.3 Å². The minimum Gasteiger partial charge on any atom is -0.444 e. The van der Waals surface area contributed by atoms with Crippen LogP contribution in [0, 0.1) is 0 Å². The van der Waals surface area contributed by atoms with E-state index in [0.717, 1.165) is 22.5 Å². The summed E-state index contributed by atoms with van der Waals surface area (Å²) >= 11 is 4.76. The number of carbonyl (C=O) groups excluding carboxylic acids is 2. The largest absolute Gasteiger partial charge is 0.444 e. The molecule has 7 nitrogen and oxygen atoms in total. The molecular weight excluding hydrogens is 408 g/mol. The fourth-order valence-corrected chi connectivity index (χ4v) is 3.83. The number of hydrogen-bond donors (Lipinski definition) is 2. The zero-order valence-electron chi connectivity index (χ0n) is 15.0. The van der Waals surface area contributed by atoms with Crippen molar-refractivity contribution in [3.05, 3.63) is 15.0 Å². The van der Waals surface area contributed by atoms with Crippen LogP contribution in [0.4, 0.5) is 4.79 Å². The molecule has 1 aliphatic heterocycles. The van der Waals surface area contributed by atoms with Gasteiger partial charge in [0.05, 0.1) is 5.01 Å². The van der Waals surface area contributed by atoms with E-state index in [1.807, 2.05) is 12.3 Å². The minimum atomic E-state index is -0.731. The van der Waals surface area contributed by atoms with Crippen LogP contribution in [-0.2, 0) is 16.0 Å². The molecule has 1 aromatic rings. The van der Waals surface area contributed by atoms with E-state index < -0.39 is 17.7 Å². The fraction of sp³-hybridized carbons (Fsp3) is 0.688. The summed E-state index contributed by atoms with van der Waals surface area (Å²) < 4.78 is 6.03. The van der Waals surface area contributed by atoms with Gasteiger partial charge in [-0.15, -0.1) is 11.3 Å². The molecule has 140 valence electrons. The first-order valence-corrected chi connectivity index (χ1v) is 9.98. The van der Waals surface area contributed by atoms with Crippen molar-refractivity contribution in [3.8, 4) is 0 Å². The third-order valence-electron chi connectivity index (χ3n) is 3.55. The van der Waals surface area contributed by atoms with Gasteiger partial charge in [0.15, 0.2) is 0 Å². The third-order valence-corrected chi connectivity index (χ3v) is 5.13. The monoisotopic (exact) mass is 432 g/mol. The summed E-state index contributed by atoms with van der Waals surface area (Å²) in [5, 5.41) is 6.92. The second kappa shape index (κ2) is 8.46. The van der Waals surface area contributed by atoms with Gasteiger partial charge in [-0.1, -0.05) is 0 Å². The predicted molar refractivity (Wildman–Crippen MR) is 100 cm³/mol. The number of hydrazine groups is 1. The summed E-state index contributed by atoms with van der Waals surface area (Å²) in [5.41, 5.74) is 2.55. The van der Waals surface area contributed by atoms with Crippen LogP contribution >= 0.6 is 27.3 Å². The molecule has 0 saturated carbocycles. The van der Waals surface area contributed by atoms with Crippen LogP contribution in [0.25, 0.3) is 0 Å². The van der Waals surface area contributed by atoms with E-state index in [4.69, 9.17) is 4.74 Å². The molecule has 0 aliphatic carbocycles.